The van der Waals surface area contributed by atoms with Gasteiger partial charge in [-0.25, -0.2) is 9.78 Å². The van der Waals surface area contributed by atoms with Gasteiger partial charge in [-0.05, 0) is 49.2 Å². The summed E-state index contributed by atoms with van der Waals surface area (Å²) in [7, 11) is 0. The van der Waals surface area contributed by atoms with Gasteiger partial charge in [0.05, 0.1) is 5.56 Å². The Bertz CT molecular complexity index is 699. The lowest BCUT2D eigenvalue weighted by atomic mass is 10.1. The third-order valence-electron chi connectivity index (χ3n) is 3.09. The standard InChI is InChI=1S/C16H15ClN2O3/c1-10-3-5-13(7-11(10)2)19-15(20)9-22-16(21)12-4-6-14(17)18-8-12/h3-8H,9H2,1-2H3,(H,19,20). The van der Waals surface area contributed by atoms with Crippen LogP contribution in [0.1, 0.15) is 21.5 Å². The van der Waals surface area contributed by atoms with E-state index >= 15 is 0 Å². The van der Waals surface area contributed by atoms with Crippen molar-refractivity contribution in [3.63, 3.8) is 0 Å². The second-order valence-corrected chi connectivity index (χ2v) is 5.18. The maximum absolute atomic E-state index is 11.8. The van der Waals surface area contributed by atoms with E-state index in [4.69, 9.17) is 16.3 Å². The van der Waals surface area contributed by atoms with E-state index in [1.165, 1.54) is 18.3 Å². The van der Waals surface area contributed by atoms with Gasteiger partial charge in [-0.1, -0.05) is 17.7 Å². The third kappa shape index (κ3) is 4.30. The number of aromatic nitrogens is 1. The fourth-order valence-electron chi connectivity index (χ4n) is 1.73. The molecular weight excluding hydrogens is 304 g/mol. The largest absolute Gasteiger partial charge is 0.452 e. The van der Waals surface area contributed by atoms with Crippen LogP contribution in [-0.2, 0) is 9.53 Å². The number of carbonyl (C=O) groups is 2. The number of benzene rings is 1. The molecule has 6 heteroatoms. The number of esters is 1. The van der Waals surface area contributed by atoms with Crippen molar-refractivity contribution < 1.29 is 14.3 Å². The summed E-state index contributed by atoms with van der Waals surface area (Å²) in [5.41, 5.74) is 3.11. The number of carbonyl (C=O) groups excluding carboxylic acids is 2. The zero-order valence-corrected chi connectivity index (χ0v) is 13.0. The molecule has 0 bridgehead atoms. The number of aryl methyl sites for hydroxylation is 2. The Morgan fingerprint density at radius 1 is 1.18 bits per heavy atom. The van der Waals surface area contributed by atoms with Gasteiger partial charge in [0, 0.05) is 11.9 Å². The Kier molecular flexibility index (Phi) is 5.12. The summed E-state index contributed by atoms with van der Waals surface area (Å²) < 4.78 is 4.92. The van der Waals surface area contributed by atoms with Gasteiger partial charge in [0.2, 0.25) is 0 Å². The second kappa shape index (κ2) is 7.04. The lowest BCUT2D eigenvalue weighted by Gasteiger charge is -2.08. The molecule has 1 N–H and O–H groups in total. The van der Waals surface area contributed by atoms with Gasteiger partial charge < -0.3 is 10.1 Å². The van der Waals surface area contributed by atoms with Crippen LogP contribution in [0.4, 0.5) is 5.69 Å². The lowest BCUT2D eigenvalue weighted by Crippen LogP contribution is -2.21. The van der Waals surface area contributed by atoms with Crippen molar-refractivity contribution in [3.05, 3.63) is 58.4 Å². The highest BCUT2D eigenvalue weighted by Gasteiger charge is 2.11. The van der Waals surface area contributed by atoms with Crippen LogP contribution in [0.5, 0.6) is 0 Å². The Labute approximate surface area is 133 Å². The number of halogens is 1. The van der Waals surface area contributed by atoms with Crippen molar-refractivity contribution in [2.45, 2.75) is 13.8 Å². The molecule has 2 rings (SSSR count). The third-order valence-corrected chi connectivity index (χ3v) is 3.31. The van der Waals surface area contributed by atoms with E-state index in [0.717, 1.165) is 11.1 Å². The summed E-state index contributed by atoms with van der Waals surface area (Å²) in [6, 6.07) is 8.53. The summed E-state index contributed by atoms with van der Waals surface area (Å²) in [6.45, 7) is 3.58. The molecule has 0 aliphatic heterocycles. The van der Waals surface area contributed by atoms with Gasteiger partial charge in [0.25, 0.3) is 5.91 Å². The number of hydrogen-bond acceptors (Lipinski definition) is 4. The number of nitrogens with zero attached hydrogens (tertiary/aromatic N) is 1. The minimum absolute atomic E-state index is 0.239. The SMILES string of the molecule is Cc1ccc(NC(=O)COC(=O)c2ccc(Cl)nc2)cc1C. The van der Waals surface area contributed by atoms with Crippen LogP contribution in [0.3, 0.4) is 0 Å². The van der Waals surface area contributed by atoms with E-state index in [2.05, 4.69) is 10.3 Å². The van der Waals surface area contributed by atoms with Gasteiger partial charge in [0.1, 0.15) is 5.15 Å². The van der Waals surface area contributed by atoms with Crippen LogP contribution in [0, 0.1) is 13.8 Å². The predicted octanol–water partition coefficient (Wildman–Crippen LogP) is 3.15. The number of amides is 1. The van der Waals surface area contributed by atoms with E-state index in [1.54, 1.807) is 6.07 Å². The summed E-state index contributed by atoms with van der Waals surface area (Å²) in [4.78, 5) is 27.3. The zero-order chi connectivity index (χ0) is 16.1. The van der Waals surface area contributed by atoms with Crippen LogP contribution in [0.25, 0.3) is 0 Å². The van der Waals surface area contributed by atoms with Crippen LogP contribution in [0.2, 0.25) is 5.15 Å². The Balaban J connectivity index is 1.88. The van der Waals surface area contributed by atoms with Crippen molar-refractivity contribution in [1.29, 1.82) is 0 Å². The zero-order valence-electron chi connectivity index (χ0n) is 12.2. The molecule has 0 atom stereocenters. The molecule has 0 radical (unpaired) electrons. The van der Waals surface area contributed by atoms with Crippen molar-refractivity contribution >= 4 is 29.2 Å². The molecule has 1 aromatic heterocycles. The van der Waals surface area contributed by atoms with Gasteiger partial charge in [-0.2, -0.15) is 0 Å². The molecule has 0 unspecified atom stereocenters. The molecule has 5 nitrogen and oxygen atoms in total. The molecule has 1 heterocycles. The summed E-state index contributed by atoms with van der Waals surface area (Å²) in [5, 5.41) is 2.95. The molecular formula is C16H15ClN2O3. The maximum atomic E-state index is 11.8. The highest BCUT2D eigenvalue weighted by molar-refractivity contribution is 6.29. The molecule has 1 aromatic carbocycles. The van der Waals surface area contributed by atoms with Crippen LogP contribution >= 0.6 is 11.6 Å². The average molecular weight is 319 g/mol. The summed E-state index contributed by atoms with van der Waals surface area (Å²) in [6.07, 6.45) is 1.30. The quantitative estimate of drug-likeness (QED) is 0.694. The molecule has 0 saturated carbocycles. The predicted molar refractivity (Wildman–Crippen MR) is 84.1 cm³/mol. The maximum Gasteiger partial charge on any atom is 0.340 e. The van der Waals surface area contributed by atoms with Crippen molar-refractivity contribution in [1.82, 2.24) is 4.98 Å². The van der Waals surface area contributed by atoms with E-state index in [0.29, 0.717) is 5.69 Å². The van der Waals surface area contributed by atoms with Crippen LogP contribution in [-0.4, -0.2) is 23.5 Å². The van der Waals surface area contributed by atoms with Gasteiger partial charge in [-0.3, -0.25) is 4.79 Å². The highest BCUT2D eigenvalue weighted by atomic mass is 35.5. The molecule has 114 valence electrons. The first kappa shape index (κ1) is 16.0. The van der Waals surface area contributed by atoms with Gasteiger partial charge in [0.15, 0.2) is 6.61 Å². The molecule has 0 aliphatic rings. The van der Waals surface area contributed by atoms with E-state index < -0.39 is 11.9 Å². The fourth-order valence-corrected chi connectivity index (χ4v) is 1.84. The van der Waals surface area contributed by atoms with Crippen LogP contribution in [0.15, 0.2) is 36.5 Å². The van der Waals surface area contributed by atoms with Crippen LogP contribution < -0.4 is 5.32 Å². The number of nitrogens with one attached hydrogen (secondary N) is 1. The lowest BCUT2D eigenvalue weighted by molar-refractivity contribution is -0.119. The number of anilines is 1. The molecule has 22 heavy (non-hydrogen) atoms. The summed E-state index contributed by atoms with van der Waals surface area (Å²) >= 11 is 5.63. The summed E-state index contributed by atoms with van der Waals surface area (Å²) in [5.74, 6) is -1.03. The van der Waals surface area contributed by atoms with Gasteiger partial charge in [-0.15, -0.1) is 0 Å². The topological polar surface area (TPSA) is 68.3 Å². The average Bonchev–Trinajstić information content (AvgIpc) is 2.49. The number of pyridine rings is 1. The van der Waals surface area contributed by atoms with Gasteiger partial charge >= 0.3 is 5.97 Å². The number of hydrogen-bond donors (Lipinski definition) is 1. The minimum atomic E-state index is -0.626. The fraction of sp³-hybridized carbons (Fsp3) is 0.188. The Hall–Kier alpha value is -2.40. The Morgan fingerprint density at radius 2 is 1.95 bits per heavy atom. The monoisotopic (exact) mass is 318 g/mol. The van der Waals surface area contributed by atoms with E-state index in [9.17, 15) is 9.59 Å². The molecule has 0 saturated heterocycles. The smallest absolute Gasteiger partial charge is 0.340 e. The molecule has 1 amide bonds. The number of rotatable bonds is 4. The van der Waals surface area contributed by atoms with Crippen molar-refractivity contribution in [3.8, 4) is 0 Å². The molecule has 0 aliphatic carbocycles. The molecule has 0 spiro atoms. The highest BCUT2D eigenvalue weighted by Crippen LogP contribution is 2.14. The van der Waals surface area contributed by atoms with E-state index in [-0.39, 0.29) is 17.3 Å². The first-order chi connectivity index (χ1) is 10.5. The number of ether oxygens (including phenoxy) is 1. The molecule has 0 fully saturated rings. The van der Waals surface area contributed by atoms with Crippen molar-refractivity contribution in [2.24, 2.45) is 0 Å². The first-order valence-corrected chi connectivity index (χ1v) is 6.99. The second-order valence-electron chi connectivity index (χ2n) is 4.79. The molecule has 2 aromatic rings. The Morgan fingerprint density at radius 3 is 2.59 bits per heavy atom. The first-order valence-electron chi connectivity index (χ1n) is 6.61. The van der Waals surface area contributed by atoms with Crippen molar-refractivity contribution in [2.75, 3.05) is 11.9 Å². The normalized spacial score (nSPS) is 10.1. The minimum Gasteiger partial charge on any atom is -0.452 e. The van der Waals surface area contributed by atoms with E-state index in [1.807, 2.05) is 26.0 Å².